The highest BCUT2D eigenvalue weighted by molar-refractivity contribution is 6.30. The molecule has 0 saturated heterocycles. The van der Waals surface area contributed by atoms with Crippen molar-refractivity contribution in [3.63, 3.8) is 0 Å². The summed E-state index contributed by atoms with van der Waals surface area (Å²) in [5.74, 6) is 0.887. The maximum absolute atomic E-state index is 5.91. The number of methoxy groups -OCH3 is 1. The number of rotatable bonds is 7. The van der Waals surface area contributed by atoms with Crippen molar-refractivity contribution in [2.24, 2.45) is 0 Å². The molecule has 0 atom stereocenters. The van der Waals surface area contributed by atoms with E-state index in [-0.39, 0.29) is 0 Å². The van der Waals surface area contributed by atoms with E-state index < -0.39 is 0 Å². The molecule has 0 fully saturated rings. The smallest absolute Gasteiger partial charge is 0.123 e. The first-order valence-electron chi connectivity index (χ1n) is 7.07. The Hall–Kier alpha value is -1.52. The van der Waals surface area contributed by atoms with Crippen LogP contribution in [0, 0.1) is 0 Å². The van der Waals surface area contributed by atoms with E-state index in [9.17, 15) is 0 Å². The fourth-order valence-electron chi connectivity index (χ4n) is 2.31. The van der Waals surface area contributed by atoms with Gasteiger partial charge < -0.3 is 9.64 Å². The van der Waals surface area contributed by atoms with Crippen LogP contribution < -0.4 is 4.74 Å². The molecule has 0 spiro atoms. The summed E-state index contributed by atoms with van der Waals surface area (Å²) < 4.78 is 7.26. The van der Waals surface area contributed by atoms with Gasteiger partial charge in [0.25, 0.3) is 0 Å². The number of ether oxygens (including phenoxy) is 1. The van der Waals surface area contributed by atoms with Gasteiger partial charge in [-0.15, -0.1) is 0 Å². The molecule has 2 aromatic rings. The molecule has 0 radical (unpaired) electrons. The standard InChI is InChI=1S/C16H22ClN3O/c1-19(2)8-4-5-13-6-7-16(21-3)14(9-13)11-20-12-15(17)10-18-20/h6-7,9-10,12H,4-5,8,11H2,1-3H3. The molecule has 0 aliphatic rings. The summed E-state index contributed by atoms with van der Waals surface area (Å²) in [5, 5.41) is 4.87. The lowest BCUT2D eigenvalue weighted by atomic mass is 10.1. The molecule has 1 heterocycles. The summed E-state index contributed by atoms with van der Waals surface area (Å²) in [4.78, 5) is 2.20. The van der Waals surface area contributed by atoms with E-state index in [1.54, 1.807) is 13.3 Å². The Morgan fingerprint density at radius 1 is 1.33 bits per heavy atom. The predicted molar refractivity (Wildman–Crippen MR) is 86.2 cm³/mol. The number of hydrogen-bond donors (Lipinski definition) is 0. The van der Waals surface area contributed by atoms with Gasteiger partial charge in [0.15, 0.2) is 0 Å². The third-order valence-corrected chi connectivity index (χ3v) is 3.54. The van der Waals surface area contributed by atoms with Crippen LogP contribution in [-0.4, -0.2) is 42.4 Å². The van der Waals surface area contributed by atoms with Gasteiger partial charge in [0, 0.05) is 11.8 Å². The van der Waals surface area contributed by atoms with Crippen molar-refractivity contribution >= 4 is 11.6 Å². The molecule has 0 unspecified atom stereocenters. The zero-order valence-corrected chi connectivity index (χ0v) is 13.6. The van der Waals surface area contributed by atoms with Crippen LogP contribution in [0.4, 0.5) is 0 Å². The quantitative estimate of drug-likeness (QED) is 0.787. The molecule has 0 saturated carbocycles. The molecule has 0 N–H and O–H groups in total. The summed E-state index contributed by atoms with van der Waals surface area (Å²) in [6.07, 6.45) is 5.68. The molecule has 0 aliphatic heterocycles. The van der Waals surface area contributed by atoms with Crippen LogP contribution in [0.25, 0.3) is 0 Å². The molecule has 4 nitrogen and oxygen atoms in total. The highest BCUT2D eigenvalue weighted by atomic mass is 35.5. The third-order valence-electron chi connectivity index (χ3n) is 3.35. The van der Waals surface area contributed by atoms with Gasteiger partial charge in [-0.05, 0) is 45.1 Å². The van der Waals surface area contributed by atoms with E-state index in [1.807, 2.05) is 16.9 Å². The van der Waals surface area contributed by atoms with Gasteiger partial charge in [-0.1, -0.05) is 23.7 Å². The van der Waals surface area contributed by atoms with E-state index >= 15 is 0 Å². The average Bonchev–Trinajstić information content (AvgIpc) is 2.84. The minimum Gasteiger partial charge on any atom is -0.496 e. The zero-order chi connectivity index (χ0) is 15.2. The lowest BCUT2D eigenvalue weighted by Crippen LogP contribution is -2.13. The first kappa shape index (κ1) is 15.9. The molecule has 1 aromatic heterocycles. The Kier molecular flexibility index (Phi) is 5.65. The molecule has 0 aliphatic carbocycles. The van der Waals surface area contributed by atoms with Gasteiger partial charge in [-0.2, -0.15) is 5.10 Å². The summed E-state index contributed by atoms with van der Waals surface area (Å²) in [6.45, 7) is 1.76. The number of aryl methyl sites for hydroxylation is 1. The molecular formula is C16H22ClN3O. The van der Waals surface area contributed by atoms with Crippen LogP contribution in [0.3, 0.4) is 0 Å². The predicted octanol–water partition coefficient (Wildman–Crippen LogP) is 3.09. The minimum atomic E-state index is 0.649. The molecule has 0 bridgehead atoms. The largest absolute Gasteiger partial charge is 0.496 e. The van der Waals surface area contributed by atoms with Gasteiger partial charge in [-0.3, -0.25) is 4.68 Å². The summed E-state index contributed by atoms with van der Waals surface area (Å²) in [7, 11) is 5.89. The van der Waals surface area contributed by atoms with Crippen LogP contribution in [0.1, 0.15) is 17.5 Å². The highest BCUT2D eigenvalue weighted by Gasteiger charge is 2.07. The fourth-order valence-corrected chi connectivity index (χ4v) is 2.47. The first-order chi connectivity index (χ1) is 10.1. The van der Waals surface area contributed by atoms with E-state index in [4.69, 9.17) is 16.3 Å². The van der Waals surface area contributed by atoms with Crippen molar-refractivity contribution in [3.8, 4) is 5.75 Å². The molecule has 114 valence electrons. The first-order valence-corrected chi connectivity index (χ1v) is 7.45. The fraction of sp³-hybridized carbons (Fsp3) is 0.438. The Balaban J connectivity index is 2.10. The highest BCUT2D eigenvalue weighted by Crippen LogP contribution is 2.22. The van der Waals surface area contributed by atoms with E-state index in [0.29, 0.717) is 11.6 Å². The van der Waals surface area contributed by atoms with Crippen LogP contribution in [-0.2, 0) is 13.0 Å². The van der Waals surface area contributed by atoms with Crippen molar-refractivity contribution in [2.75, 3.05) is 27.7 Å². The Bertz CT molecular complexity index is 581. The SMILES string of the molecule is COc1ccc(CCCN(C)C)cc1Cn1cc(Cl)cn1. The Morgan fingerprint density at radius 3 is 2.76 bits per heavy atom. The van der Waals surface area contributed by atoms with Crippen molar-refractivity contribution in [2.45, 2.75) is 19.4 Å². The van der Waals surface area contributed by atoms with Gasteiger partial charge in [0.2, 0.25) is 0 Å². The number of benzene rings is 1. The van der Waals surface area contributed by atoms with Crippen LogP contribution >= 0.6 is 11.6 Å². The van der Waals surface area contributed by atoms with Crippen LogP contribution in [0.2, 0.25) is 5.02 Å². The number of nitrogens with zero attached hydrogens (tertiary/aromatic N) is 3. The van der Waals surface area contributed by atoms with Crippen LogP contribution in [0.5, 0.6) is 5.75 Å². The van der Waals surface area contributed by atoms with E-state index in [0.717, 1.165) is 30.7 Å². The topological polar surface area (TPSA) is 30.3 Å². The molecule has 0 amide bonds. The molecular weight excluding hydrogens is 286 g/mol. The molecule has 1 aromatic carbocycles. The number of hydrogen-bond acceptors (Lipinski definition) is 3. The van der Waals surface area contributed by atoms with Crippen molar-refractivity contribution in [3.05, 3.63) is 46.7 Å². The molecule has 5 heteroatoms. The second kappa shape index (κ2) is 7.48. The second-order valence-corrected chi connectivity index (χ2v) is 5.85. The number of aromatic nitrogens is 2. The maximum atomic E-state index is 5.91. The van der Waals surface area contributed by atoms with E-state index in [2.05, 4.69) is 36.2 Å². The van der Waals surface area contributed by atoms with Crippen LogP contribution in [0.15, 0.2) is 30.6 Å². The molecule has 21 heavy (non-hydrogen) atoms. The average molecular weight is 308 g/mol. The third kappa shape index (κ3) is 4.76. The van der Waals surface area contributed by atoms with Crippen molar-refractivity contribution < 1.29 is 4.74 Å². The summed E-state index contributed by atoms with van der Waals surface area (Å²) in [5.41, 5.74) is 2.45. The maximum Gasteiger partial charge on any atom is 0.123 e. The van der Waals surface area contributed by atoms with Crippen molar-refractivity contribution in [1.29, 1.82) is 0 Å². The van der Waals surface area contributed by atoms with Crippen molar-refractivity contribution in [1.82, 2.24) is 14.7 Å². The second-order valence-electron chi connectivity index (χ2n) is 5.41. The Labute approximate surface area is 131 Å². The lowest BCUT2D eigenvalue weighted by molar-refractivity contribution is 0.399. The number of halogens is 1. The monoisotopic (exact) mass is 307 g/mol. The van der Waals surface area contributed by atoms with Gasteiger partial charge in [0.05, 0.1) is 24.9 Å². The molecule has 2 rings (SSSR count). The van der Waals surface area contributed by atoms with Gasteiger partial charge in [-0.25, -0.2) is 0 Å². The normalized spacial score (nSPS) is 11.1. The summed E-state index contributed by atoms with van der Waals surface area (Å²) in [6, 6.07) is 6.36. The van der Waals surface area contributed by atoms with Gasteiger partial charge in [0.1, 0.15) is 5.75 Å². The lowest BCUT2D eigenvalue weighted by Gasteiger charge is -2.12. The van der Waals surface area contributed by atoms with Gasteiger partial charge >= 0.3 is 0 Å². The minimum absolute atomic E-state index is 0.649. The Morgan fingerprint density at radius 2 is 2.14 bits per heavy atom. The zero-order valence-electron chi connectivity index (χ0n) is 12.8. The van der Waals surface area contributed by atoms with E-state index in [1.165, 1.54) is 5.56 Å². The summed E-state index contributed by atoms with van der Waals surface area (Å²) >= 11 is 5.91.